The third-order valence-electron chi connectivity index (χ3n) is 4.60. The molecule has 0 radical (unpaired) electrons. The van der Waals surface area contributed by atoms with Crippen molar-refractivity contribution in [3.63, 3.8) is 0 Å². The van der Waals surface area contributed by atoms with Crippen LogP contribution in [0.25, 0.3) is 0 Å². The third-order valence-corrected chi connectivity index (χ3v) is 4.60. The second kappa shape index (κ2) is 7.24. The topological polar surface area (TPSA) is 15.3 Å². The molecule has 20 heavy (non-hydrogen) atoms. The van der Waals surface area contributed by atoms with Gasteiger partial charge in [-0.15, -0.1) is 0 Å². The monoisotopic (exact) mass is 274 g/mol. The molecule has 2 heteroatoms. The average Bonchev–Trinajstić information content (AvgIpc) is 3.23. The molecule has 1 fully saturated rings. The average molecular weight is 274 g/mol. The molecule has 0 amide bonds. The number of hydrogen-bond acceptors (Lipinski definition) is 2. The van der Waals surface area contributed by atoms with Crippen LogP contribution in [0, 0.1) is 5.92 Å². The van der Waals surface area contributed by atoms with Crippen LogP contribution in [0.1, 0.15) is 44.7 Å². The molecule has 1 aliphatic rings. The third kappa shape index (κ3) is 4.60. The van der Waals surface area contributed by atoms with Crippen molar-refractivity contribution in [3.05, 3.63) is 35.4 Å². The molecule has 0 aliphatic heterocycles. The van der Waals surface area contributed by atoms with Gasteiger partial charge in [-0.1, -0.05) is 38.1 Å². The first-order valence-corrected chi connectivity index (χ1v) is 8.08. The van der Waals surface area contributed by atoms with Gasteiger partial charge >= 0.3 is 0 Å². The molecule has 0 aromatic heterocycles. The Morgan fingerprint density at radius 1 is 1.15 bits per heavy atom. The van der Waals surface area contributed by atoms with Crippen LogP contribution in [0.2, 0.25) is 0 Å². The first kappa shape index (κ1) is 15.5. The zero-order chi connectivity index (χ0) is 14.5. The number of nitrogens with one attached hydrogen (secondary N) is 1. The molecular weight excluding hydrogens is 244 g/mol. The van der Waals surface area contributed by atoms with Crippen LogP contribution in [-0.2, 0) is 13.0 Å². The van der Waals surface area contributed by atoms with E-state index in [0.717, 1.165) is 25.6 Å². The Balaban J connectivity index is 1.91. The van der Waals surface area contributed by atoms with Crippen molar-refractivity contribution >= 4 is 0 Å². The Morgan fingerprint density at radius 2 is 1.80 bits per heavy atom. The molecule has 1 N–H and O–H groups in total. The molecule has 2 nitrogen and oxygen atoms in total. The predicted molar refractivity (Wildman–Crippen MR) is 86.9 cm³/mol. The Kier molecular flexibility index (Phi) is 5.62. The van der Waals surface area contributed by atoms with Crippen molar-refractivity contribution in [2.24, 2.45) is 5.92 Å². The van der Waals surface area contributed by atoms with Crippen molar-refractivity contribution < 1.29 is 0 Å². The first-order valence-electron chi connectivity index (χ1n) is 8.08. The van der Waals surface area contributed by atoms with Crippen molar-refractivity contribution in [3.8, 4) is 0 Å². The van der Waals surface area contributed by atoms with E-state index in [1.165, 1.54) is 24.0 Å². The maximum Gasteiger partial charge on any atom is 0.0236 e. The highest BCUT2D eigenvalue weighted by Gasteiger charge is 2.20. The van der Waals surface area contributed by atoms with E-state index in [9.17, 15) is 0 Å². The highest BCUT2D eigenvalue weighted by molar-refractivity contribution is 5.27. The van der Waals surface area contributed by atoms with E-state index in [2.05, 4.69) is 62.3 Å². The van der Waals surface area contributed by atoms with Crippen LogP contribution in [0.3, 0.4) is 0 Å². The summed E-state index contributed by atoms with van der Waals surface area (Å²) >= 11 is 0. The van der Waals surface area contributed by atoms with Gasteiger partial charge in [0.25, 0.3) is 0 Å². The number of nitrogens with zero attached hydrogens (tertiary/aromatic N) is 1. The molecule has 1 unspecified atom stereocenters. The molecule has 112 valence electrons. The van der Waals surface area contributed by atoms with E-state index in [-0.39, 0.29) is 0 Å². The minimum absolute atomic E-state index is 0.618. The summed E-state index contributed by atoms with van der Waals surface area (Å²) in [6, 6.07) is 10.3. The van der Waals surface area contributed by atoms with Crippen LogP contribution >= 0.6 is 0 Å². The Bertz CT molecular complexity index is 410. The summed E-state index contributed by atoms with van der Waals surface area (Å²) in [7, 11) is 2.24. The van der Waals surface area contributed by atoms with Crippen LogP contribution < -0.4 is 5.32 Å². The molecule has 2 rings (SSSR count). The fraction of sp³-hybridized carbons (Fsp3) is 0.667. The maximum absolute atomic E-state index is 3.61. The largest absolute Gasteiger partial charge is 0.314 e. The second-order valence-corrected chi connectivity index (χ2v) is 6.65. The van der Waals surface area contributed by atoms with E-state index in [1.54, 1.807) is 0 Å². The normalized spacial score (nSPS) is 16.9. The van der Waals surface area contributed by atoms with Crippen molar-refractivity contribution in [2.75, 3.05) is 13.6 Å². The van der Waals surface area contributed by atoms with Crippen molar-refractivity contribution in [1.29, 1.82) is 0 Å². The summed E-state index contributed by atoms with van der Waals surface area (Å²) in [5.41, 5.74) is 2.99. The molecule has 0 saturated heterocycles. The fourth-order valence-electron chi connectivity index (χ4n) is 2.58. The zero-order valence-corrected chi connectivity index (χ0v) is 13.5. The molecular formula is C18H30N2. The van der Waals surface area contributed by atoms with Crippen molar-refractivity contribution in [2.45, 2.75) is 58.7 Å². The van der Waals surface area contributed by atoms with E-state index in [1.807, 2.05) is 0 Å². The lowest BCUT2D eigenvalue weighted by atomic mass is 10.0. The molecule has 1 aliphatic carbocycles. The van der Waals surface area contributed by atoms with Gasteiger partial charge in [-0.2, -0.15) is 0 Å². The fourth-order valence-corrected chi connectivity index (χ4v) is 2.58. The lowest BCUT2D eigenvalue weighted by Crippen LogP contribution is -2.33. The molecule has 1 saturated carbocycles. The van der Waals surface area contributed by atoms with Crippen LogP contribution in [0.5, 0.6) is 0 Å². The Labute approximate surface area is 124 Å². The minimum Gasteiger partial charge on any atom is -0.314 e. The summed E-state index contributed by atoms with van der Waals surface area (Å²) in [6.07, 6.45) is 3.89. The van der Waals surface area contributed by atoms with E-state index in [0.29, 0.717) is 12.0 Å². The quantitative estimate of drug-likeness (QED) is 0.781. The molecule has 1 atom stereocenters. The summed E-state index contributed by atoms with van der Waals surface area (Å²) in [4.78, 5) is 2.47. The lowest BCUT2D eigenvalue weighted by molar-refractivity contribution is 0.200. The van der Waals surface area contributed by atoms with Gasteiger partial charge in [0.05, 0.1) is 0 Å². The summed E-state index contributed by atoms with van der Waals surface area (Å²) < 4.78 is 0. The van der Waals surface area contributed by atoms with Gasteiger partial charge in [0, 0.05) is 18.6 Å². The van der Waals surface area contributed by atoms with Gasteiger partial charge in [-0.05, 0) is 56.8 Å². The van der Waals surface area contributed by atoms with Crippen LogP contribution in [0.15, 0.2) is 24.3 Å². The number of benzene rings is 1. The summed E-state index contributed by atoms with van der Waals surface area (Å²) in [5, 5.41) is 3.61. The lowest BCUT2D eigenvalue weighted by Gasteiger charge is -2.28. The first-order chi connectivity index (χ1) is 9.58. The highest BCUT2D eigenvalue weighted by atomic mass is 15.1. The van der Waals surface area contributed by atoms with Crippen molar-refractivity contribution in [1.82, 2.24) is 10.2 Å². The van der Waals surface area contributed by atoms with Gasteiger partial charge in [0.2, 0.25) is 0 Å². The number of hydrogen-bond donors (Lipinski definition) is 1. The van der Waals surface area contributed by atoms with E-state index >= 15 is 0 Å². The molecule has 0 spiro atoms. The standard InChI is InChI=1S/C18H30N2/c1-14(2)15(3)20(4)13-17-8-6-5-7-16(17)11-12-19-18-9-10-18/h5-8,14-15,18-19H,9-13H2,1-4H3. The van der Waals surface area contributed by atoms with E-state index < -0.39 is 0 Å². The highest BCUT2D eigenvalue weighted by Crippen LogP contribution is 2.19. The van der Waals surface area contributed by atoms with E-state index in [4.69, 9.17) is 0 Å². The van der Waals surface area contributed by atoms with Gasteiger partial charge in [0.15, 0.2) is 0 Å². The maximum atomic E-state index is 3.61. The van der Waals surface area contributed by atoms with Gasteiger partial charge in [-0.25, -0.2) is 0 Å². The summed E-state index contributed by atoms with van der Waals surface area (Å²) in [5.74, 6) is 0.698. The molecule has 0 heterocycles. The molecule has 1 aromatic carbocycles. The molecule has 1 aromatic rings. The number of rotatable bonds is 8. The van der Waals surface area contributed by atoms with Gasteiger partial charge in [0.1, 0.15) is 0 Å². The summed E-state index contributed by atoms with van der Waals surface area (Å²) in [6.45, 7) is 9.09. The Hall–Kier alpha value is -0.860. The van der Waals surface area contributed by atoms with Gasteiger partial charge < -0.3 is 5.32 Å². The SMILES string of the molecule is CC(C)C(C)N(C)Cc1ccccc1CCNC1CC1. The van der Waals surface area contributed by atoms with Crippen LogP contribution in [0.4, 0.5) is 0 Å². The van der Waals surface area contributed by atoms with Crippen LogP contribution in [-0.4, -0.2) is 30.6 Å². The second-order valence-electron chi connectivity index (χ2n) is 6.65. The smallest absolute Gasteiger partial charge is 0.0236 e. The predicted octanol–water partition coefficient (Wildman–Crippen LogP) is 3.46. The zero-order valence-electron chi connectivity index (χ0n) is 13.5. The minimum atomic E-state index is 0.618. The molecule has 0 bridgehead atoms. The van der Waals surface area contributed by atoms with Gasteiger partial charge in [-0.3, -0.25) is 4.90 Å². The Morgan fingerprint density at radius 3 is 2.40 bits per heavy atom.